The van der Waals surface area contributed by atoms with E-state index in [2.05, 4.69) is 25.5 Å². The molecule has 3 aromatic rings. The van der Waals surface area contributed by atoms with Crippen LogP contribution in [0, 0.1) is 0 Å². The lowest BCUT2D eigenvalue weighted by atomic mass is 9.84. The van der Waals surface area contributed by atoms with Crippen LogP contribution < -0.4 is 10.1 Å². The van der Waals surface area contributed by atoms with Crippen molar-refractivity contribution in [2.75, 3.05) is 0 Å². The zero-order chi connectivity index (χ0) is 19.8. The molecule has 0 aliphatic carbocycles. The summed E-state index contributed by atoms with van der Waals surface area (Å²) in [7, 11) is 0. The third-order valence-electron chi connectivity index (χ3n) is 5.63. The van der Waals surface area contributed by atoms with Gasteiger partial charge in [-0.15, -0.1) is 5.10 Å². The first-order valence-corrected chi connectivity index (χ1v) is 9.75. The number of imidazole rings is 1. The molecule has 29 heavy (non-hydrogen) atoms. The summed E-state index contributed by atoms with van der Waals surface area (Å²) in [5, 5.41) is 21.8. The predicted octanol–water partition coefficient (Wildman–Crippen LogP) is 2.43. The average molecular weight is 396 g/mol. The van der Waals surface area contributed by atoms with E-state index in [-0.39, 0.29) is 23.8 Å². The van der Waals surface area contributed by atoms with Gasteiger partial charge in [0.25, 0.3) is 0 Å². The highest BCUT2D eigenvalue weighted by molar-refractivity contribution is 5.67. The highest BCUT2D eigenvalue weighted by Gasteiger charge is 2.41. The van der Waals surface area contributed by atoms with Crippen molar-refractivity contribution in [3.8, 4) is 28.7 Å². The third-order valence-corrected chi connectivity index (χ3v) is 5.63. The monoisotopic (exact) mass is 396 g/mol. The fraction of sp³-hybridized carbons (Fsp3) is 0.400. The Morgan fingerprint density at radius 1 is 1.24 bits per heavy atom. The molecule has 2 saturated heterocycles. The van der Waals surface area contributed by atoms with Gasteiger partial charge in [0.15, 0.2) is 6.17 Å². The average Bonchev–Trinajstić information content (AvgIpc) is 3.28. The van der Waals surface area contributed by atoms with Gasteiger partial charge in [-0.2, -0.15) is 0 Å². The Bertz CT molecular complexity index is 981. The molecule has 0 saturated carbocycles. The molecule has 5 rings (SSSR count). The van der Waals surface area contributed by atoms with Crippen molar-refractivity contribution in [1.82, 2.24) is 30.0 Å². The van der Waals surface area contributed by atoms with Crippen molar-refractivity contribution in [2.24, 2.45) is 0 Å². The van der Waals surface area contributed by atoms with Crippen molar-refractivity contribution in [3.63, 3.8) is 0 Å². The number of hydrogen-bond acceptors (Lipinski definition) is 7. The van der Waals surface area contributed by atoms with Gasteiger partial charge in [0, 0.05) is 42.5 Å². The second-order valence-electron chi connectivity index (χ2n) is 7.53. The van der Waals surface area contributed by atoms with Crippen LogP contribution in [-0.4, -0.2) is 54.2 Å². The maximum Gasteiger partial charge on any atom is 0.336 e. The first-order chi connectivity index (χ1) is 14.2. The summed E-state index contributed by atoms with van der Waals surface area (Å²) in [6.07, 6.45) is 8.42. The standard InChI is InChI=1S/C20H21FN6O2/c21-19-15-3-1-2-12(24-15)8-18(19)29-20-23-10-16(25-26-20)14-5-4-13(9-17(14)28)27-7-6-22-11-27/h4-7,9-12,15,18-19,24,28H,1-3,8H2/t12?,15-,18+,19-/m1/s1. The van der Waals surface area contributed by atoms with Crippen LogP contribution in [0.15, 0.2) is 43.1 Å². The van der Waals surface area contributed by atoms with E-state index in [1.54, 1.807) is 35.4 Å². The minimum Gasteiger partial charge on any atom is -0.507 e. The third kappa shape index (κ3) is 3.53. The number of phenolic OH excluding ortho intramolecular Hbond substituents is 1. The number of rotatable bonds is 4. The van der Waals surface area contributed by atoms with Crippen molar-refractivity contribution in [1.29, 1.82) is 0 Å². The van der Waals surface area contributed by atoms with Gasteiger partial charge in [0.2, 0.25) is 0 Å². The largest absolute Gasteiger partial charge is 0.507 e. The summed E-state index contributed by atoms with van der Waals surface area (Å²) < 4.78 is 22.2. The lowest BCUT2D eigenvalue weighted by molar-refractivity contribution is 0.00387. The summed E-state index contributed by atoms with van der Waals surface area (Å²) in [4.78, 5) is 8.18. The van der Waals surface area contributed by atoms with Crippen LogP contribution in [0.3, 0.4) is 0 Å². The number of hydrogen-bond donors (Lipinski definition) is 2. The number of aromatic hydroxyl groups is 1. The van der Waals surface area contributed by atoms with Gasteiger partial charge >= 0.3 is 6.01 Å². The van der Waals surface area contributed by atoms with Gasteiger partial charge in [0.05, 0.1) is 18.2 Å². The molecule has 2 N–H and O–H groups in total. The van der Waals surface area contributed by atoms with Crippen LogP contribution in [-0.2, 0) is 0 Å². The maximum absolute atomic E-state index is 14.7. The molecule has 4 heterocycles. The number of fused-ring (bicyclic) bond motifs is 2. The van der Waals surface area contributed by atoms with Crippen LogP contribution in [0.5, 0.6) is 11.8 Å². The minimum atomic E-state index is -1.09. The number of alkyl halides is 1. The molecule has 1 aromatic carbocycles. The number of ether oxygens (including phenoxy) is 1. The summed E-state index contributed by atoms with van der Waals surface area (Å²) in [6.45, 7) is 0. The van der Waals surface area contributed by atoms with Crippen molar-refractivity contribution in [3.05, 3.63) is 43.1 Å². The van der Waals surface area contributed by atoms with Crippen molar-refractivity contribution >= 4 is 0 Å². The number of halogens is 1. The second-order valence-corrected chi connectivity index (χ2v) is 7.53. The Balaban J connectivity index is 1.31. The summed E-state index contributed by atoms with van der Waals surface area (Å²) in [6, 6.07) is 5.36. The van der Waals surface area contributed by atoms with Crippen molar-refractivity contribution < 1.29 is 14.2 Å². The van der Waals surface area contributed by atoms with Crippen LogP contribution in [0.2, 0.25) is 0 Å². The highest BCUT2D eigenvalue weighted by atomic mass is 19.1. The number of benzene rings is 1. The molecule has 2 aliphatic rings. The molecule has 2 fully saturated rings. The first-order valence-electron chi connectivity index (χ1n) is 9.75. The molecule has 150 valence electrons. The van der Waals surface area contributed by atoms with Gasteiger partial charge < -0.3 is 19.7 Å². The fourth-order valence-corrected chi connectivity index (χ4v) is 4.16. The lowest BCUT2D eigenvalue weighted by Crippen LogP contribution is -2.59. The molecule has 2 bridgehead atoms. The van der Waals surface area contributed by atoms with E-state index in [1.165, 1.54) is 6.20 Å². The smallest absolute Gasteiger partial charge is 0.336 e. The van der Waals surface area contributed by atoms with E-state index in [0.29, 0.717) is 17.7 Å². The molecule has 4 atom stereocenters. The normalized spacial score (nSPS) is 26.2. The number of piperidine rings is 2. The van der Waals surface area contributed by atoms with Gasteiger partial charge in [-0.25, -0.2) is 14.4 Å². The van der Waals surface area contributed by atoms with Crippen LogP contribution in [0.1, 0.15) is 25.7 Å². The molecule has 0 amide bonds. The summed E-state index contributed by atoms with van der Waals surface area (Å²) >= 11 is 0. The first kappa shape index (κ1) is 18.0. The predicted molar refractivity (Wildman–Crippen MR) is 103 cm³/mol. The highest BCUT2D eigenvalue weighted by Crippen LogP contribution is 2.31. The Morgan fingerprint density at radius 2 is 2.17 bits per heavy atom. The molecule has 8 nitrogen and oxygen atoms in total. The topological polar surface area (TPSA) is 98.0 Å². The van der Waals surface area contributed by atoms with Crippen LogP contribution in [0.25, 0.3) is 16.9 Å². The summed E-state index contributed by atoms with van der Waals surface area (Å²) in [5.41, 5.74) is 1.68. The molecule has 1 unspecified atom stereocenters. The van der Waals surface area contributed by atoms with Crippen LogP contribution in [0.4, 0.5) is 4.39 Å². The van der Waals surface area contributed by atoms with Crippen molar-refractivity contribution in [2.45, 2.75) is 50.0 Å². The molecular formula is C20H21FN6O2. The van der Waals surface area contributed by atoms with Gasteiger partial charge in [-0.05, 0) is 25.0 Å². The van der Waals surface area contributed by atoms with Gasteiger partial charge in [0.1, 0.15) is 17.5 Å². The molecule has 2 aliphatic heterocycles. The Labute approximate surface area is 166 Å². The van der Waals surface area contributed by atoms with Gasteiger partial charge in [-0.1, -0.05) is 11.5 Å². The molecule has 9 heteroatoms. The van der Waals surface area contributed by atoms with Crippen LogP contribution >= 0.6 is 0 Å². The number of aromatic nitrogens is 5. The van der Waals surface area contributed by atoms with E-state index in [0.717, 1.165) is 24.9 Å². The van der Waals surface area contributed by atoms with E-state index in [1.807, 2.05) is 6.07 Å². The Hall–Kier alpha value is -3.07. The van der Waals surface area contributed by atoms with E-state index < -0.39 is 12.3 Å². The lowest BCUT2D eigenvalue weighted by Gasteiger charge is -2.42. The molecule has 2 aromatic heterocycles. The minimum absolute atomic E-state index is 0.0518. The number of phenols is 1. The van der Waals surface area contributed by atoms with Gasteiger partial charge in [-0.3, -0.25) is 0 Å². The maximum atomic E-state index is 14.7. The number of nitrogens with one attached hydrogen (secondary N) is 1. The van der Waals surface area contributed by atoms with E-state index in [4.69, 9.17) is 4.74 Å². The van der Waals surface area contributed by atoms with E-state index >= 15 is 0 Å². The Morgan fingerprint density at radius 3 is 2.93 bits per heavy atom. The molecule has 0 radical (unpaired) electrons. The Kier molecular flexibility index (Phi) is 4.59. The zero-order valence-electron chi connectivity index (χ0n) is 15.6. The fourth-order valence-electron chi connectivity index (χ4n) is 4.16. The van der Waals surface area contributed by atoms with E-state index in [9.17, 15) is 9.50 Å². The summed E-state index contributed by atoms with van der Waals surface area (Å²) in [5.74, 6) is 0.0518. The molecule has 0 spiro atoms. The zero-order valence-corrected chi connectivity index (χ0v) is 15.6. The quantitative estimate of drug-likeness (QED) is 0.699. The SMILES string of the molecule is Oc1cc(-n2ccnc2)ccc1-c1cnc(O[C@H]2CC3CCC[C@@H](N3)[C@H]2F)nn1. The molecular weight excluding hydrogens is 375 g/mol. The second kappa shape index (κ2) is 7.40. The number of nitrogens with zero attached hydrogens (tertiary/aromatic N) is 5.